The van der Waals surface area contributed by atoms with Crippen LogP contribution in [0.15, 0.2) is 103 Å². The van der Waals surface area contributed by atoms with Gasteiger partial charge >= 0.3 is 0 Å². The number of ketones is 1. The quantitative estimate of drug-likeness (QED) is 0.223. The first-order valence-corrected chi connectivity index (χ1v) is 11.9. The second-order valence-corrected chi connectivity index (χ2v) is 8.87. The Balaban J connectivity index is 1.45. The highest BCUT2D eigenvalue weighted by Gasteiger charge is 2.46. The van der Waals surface area contributed by atoms with Gasteiger partial charge < -0.3 is 14.7 Å². The number of pyridine rings is 2. The van der Waals surface area contributed by atoms with Crippen LogP contribution in [0, 0.1) is 6.92 Å². The smallest absolute Gasteiger partial charge is 0.295 e. The highest BCUT2D eigenvalue weighted by Crippen LogP contribution is 2.40. The molecule has 1 saturated heterocycles. The molecule has 3 heterocycles. The number of benzene rings is 2. The molecule has 4 aromatic rings. The third-order valence-electron chi connectivity index (χ3n) is 6.26. The molecule has 1 amide bonds. The molecule has 0 saturated carbocycles. The molecule has 1 atom stereocenters. The number of aryl methyl sites for hydroxylation is 1. The summed E-state index contributed by atoms with van der Waals surface area (Å²) in [5.74, 6) is -1.03. The Hall–Kier alpha value is -4.78. The van der Waals surface area contributed by atoms with Crippen molar-refractivity contribution in [2.75, 3.05) is 0 Å². The van der Waals surface area contributed by atoms with Crippen LogP contribution in [-0.2, 0) is 22.7 Å². The zero-order valence-electron chi connectivity index (χ0n) is 20.2. The molecule has 0 aliphatic carbocycles. The lowest BCUT2D eigenvalue weighted by molar-refractivity contribution is -0.140. The zero-order valence-corrected chi connectivity index (χ0v) is 20.2. The van der Waals surface area contributed by atoms with Crippen molar-refractivity contribution in [3.05, 3.63) is 131 Å². The molecule has 1 aliphatic rings. The van der Waals surface area contributed by atoms with Crippen LogP contribution in [0.5, 0.6) is 5.75 Å². The van der Waals surface area contributed by atoms with Gasteiger partial charge in [0, 0.05) is 36.9 Å². The lowest BCUT2D eigenvalue weighted by Crippen LogP contribution is -2.29. The normalized spacial score (nSPS) is 16.7. The Labute approximate surface area is 214 Å². The Morgan fingerprint density at radius 3 is 2.41 bits per heavy atom. The van der Waals surface area contributed by atoms with Crippen molar-refractivity contribution in [2.24, 2.45) is 0 Å². The molecule has 1 aliphatic heterocycles. The average Bonchev–Trinajstić information content (AvgIpc) is 3.18. The van der Waals surface area contributed by atoms with E-state index in [2.05, 4.69) is 16.0 Å². The zero-order chi connectivity index (χ0) is 25.8. The minimum Gasteiger partial charge on any atom is -0.507 e. The molecule has 7 nitrogen and oxygen atoms in total. The van der Waals surface area contributed by atoms with Gasteiger partial charge in [-0.2, -0.15) is 0 Å². The molecule has 0 bridgehead atoms. The molecule has 2 aromatic heterocycles. The number of aliphatic hydroxyl groups excluding tert-OH is 1. The van der Waals surface area contributed by atoms with E-state index in [-0.39, 0.29) is 17.9 Å². The third kappa shape index (κ3) is 5.11. The van der Waals surface area contributed by atoms with Gasteiger partial charge in [0.2, 0.25) is 0 Å². The van der Waals surface area contributed by atoms with E-state index in [1.165, 1.54) is 4.90 Å². The van der Waals surface area contributed by atoms with Crippen LogP contribution in [0.4, 0.5) is 0 Å². The van der Waals surface area contributed by atoms with Crippen LogP contribution >= 0.6 is 0 Å². The summed E-state index contributed by atoms with van der Waals surface area (Å²) < 4.78 is 5.88. The standard InChI is InChI=1S/C30H25N3O4/c1-20-4-2-5-22(16-20)19-37-25-9-7-23(8-10-25)28(34)26-27(24-6-3-13-32-17-24)33(30(36)29(26)35)18-21-11-14-31-15-12-21/h2-17,27,34H,18-19H2,1H3/t27-/m0/s1. The monoisotopic (exact) mass is 491 g/mol. The number of ether oxygens (including phenoxy) is 1. The van der Waals surface area contributed by atoms with Crippen LogP contribution in [0.2, 0.25) is 0 Å². The topological polar surface area (TPSA) is 92.6 Å². The number of Topliss-reactive ketones (excluding diaryl/α,β-unsaturated/α-hetero) is 1. The van der Waals surface area contributed by atoms with Crippen molar-refractivity contribution in [2.45, 2.75) is 26.1 Å². The Kier molecular flexibility index (Phi) is 6.76. The molecule has 2 aromatic carbocycles. The number of aromatic nitrogens is 2. The van der Waals surface area contributed by atoms with E-state index < -0.39 is 17.7 Å². The summed E-state index contributed by atoms with van der Waals surface area (Å²) in [6.07, 6.45) is 6.49. The molecular weight excluding hydrogens is 466 g/mol. The van der Waals surface area contributed by atoms with Crippen molar-refractivity contribution in [1.29, 1.82) is 0 Å². The summed E-state index contributed by atoms with van der Waals surface area (Å²) in [5.41, 5.74) is 4.11. The third-order valence-corrected chi connectivity index (χ3v) is 6.26. The first-order valence-electron chi connectivity index (χ1n) is 11.9. The number of nitrogens with zero attached hydrogens (tertiary/aromatic N) is 3. The predicted molar refractivity (Wildman–Crippen MR) is 138 cm³/mol. The highest BCUT2D eigenvalue weighted by atomic mass is 16.5. The molecule has 0 unspecified atom stereocenters. The number of aliphatic hydroxyl groups is 1. The van der Waals surface area contributed by atoms with Crippen molar-refractivity contribution >= 4 is 17.4 Å². The van der Waals surface area contributed by atoms with Gasteiger partial charge in [-0.1, -0.05) is 35.9 Å². The van der Waals surface area contributed by atoms with E-state index in [1.54, 1.807) is 73.3 Å². The summed E-state index contributed by atoms with van der Waals surface area (Å²) in [4.78, 5) is 35.9. The Morgan fingerprint density at radius 2 is 1.70 bits per heavy atom. The fourth-order valence-electron chi connectivity index (χ4n) is 4.45. The molecule has 1 fully saturated rings. The summed E-state index contributed by atoms with van der Waals surface area (Å²) in [5, 5.41) is 11.3. The van der Waals surface area contributed by atoms with Gasteiger partial charge in [-0.05, 0) is 66.1 Å². The van der Waals surface area contributed by atoms with Crippen LogP contribution in [0.1, 0.15) is 33.9 Å². The maximum atomic E-state index is 13.2. The van der Waals surface area contributed by atoms with Crippen molar-refractivity contribution in [1.82, 2.24) is 14.9 Å². The molecule has 5 rings (SSSR count). The number of rotatable bonds is 7. The lowest BCUT2D eigenvalue weighted by atomic mass is 9.96. The summed E-state index contributed by atoms with van der Waals surface area (Å²) in [6, 6.07) is 21.2. The van der Waals surface area contributed by atoms with Gasteiger partial charge in [-0.25, -0.2) is 0 Å². The highest BCUT2D eigenvalue weighted by molar-refractivity contribution is 6.46. The van der Waals surface area contributed by atoms with E-state index >= 15 is 0 Å². The maximum Gasteiger partial charge on any atom is 0.295 e. The van der Waals surface area contributed by atoms with Crippen molar-refractivity contribution < 1.29 is 19.4 Å². The van der Waals surface area contributed by atoms with E-state index in [0.29, 0.717) is 23.5 Å². The van der Waals surface area contributed by atoms with Gasteiger partial charge in [0.15, 0.2) is 0 Å². The minimum absolute atomic E-state index is 0.0282. The van der Waals surface area contributed by atoms with E-state index in [1.807, 2.05) is 25.1 Å². The van der Waals surface area contributed by atoms with Gasteiger partial charge in [0.05, 0.1) is 11.6 Å². The predicted octanol–water partition coefficient (Wildman–Crippen LogP) is 4.99. The molecular formula is C30H25N3O4. The number of hydrogen-bond acceptors (Lipinski definition) is 6. The first kappa shape index (κ1) is 23.9. The molecule has 0 radical (unpaired) electrons. The SMILES string of the molecule is Cc1cccc(COc2ccc(C(O)=C3C(=O)C(=O)N(Cc4ccncc4)[C@H]3c3cccnc3)cc2)c1. The maximum absolute atomic E-state index is 13.2. The van der Waals surface area contributed by atoms with Crippen LogP contribution in [0.3, 0.4) is 0 Å². The number of hydrogen-bond donors (Lipinski definition) is 1. The van der Waals surface area contributed by atoms with Gasteiger partial charge in [-0.15, -0.1) is 0 Å². The minimum atomic E-state index is -0.779. The summed E-state index contributed by atoms with van der Waals surface area (Å²) in [6.45, 7) is 2.63. The fourth-order valence-corrected chi connectivity index (χ4v) is 4.45. The fraction of sp³-hybridized carbons (Fsp3) is 0.133. The Bertz CT molecular complexity index is 1450. The van der Waals surface area contributed by atoms with Crippen LogP contribution in [0.25, 0.3) is 5.76 Å². The lowest BCUT2D eigenvalue weighted by Gasteiger charge is -2.25. The number of carbonyl (C=O) groups is 2. The van der Waals surface area contributed by atoms with Crippen LogP contribution in [-0.4, -0.2) is 31.7 Å². The van der Waals surface area contributed by atoms with Gasteiger partial charge in [-0.3, -0.25) is 19.6 Å². The number of carbonyl (C=O) groups excluding carboxylic acids is 2. The molecule has 184 valence electrons. The molecule has 7 heteroatoms. The van der Waals surface area contributed by atoms with Crippen LogP contribution < -0.4 is 4.74 Å². The Morgan fingerprint density at radius 1 is 0.919 bits per heavy atom. The van der Waals surface area contributed by atoms with E-state index in [9.17, 15) is 14.7 Å². The molecule has 0 spiro atoms. The van der Waals surface area contributed by atoms with Crippen molar-refractivity contribution in [3.63, 3.8) is 0 Å². The largest absolute Gasteiger partial charge is 0.507 e. The summed E-state index contributed by atoms with van der Waals surface area (Å²) in [7, 11) is 0. The van der Waals surface area contributed by atoms with Gasteiger partial charge in [0.25, 0.3) is 11.7 Å². The number of amides is 1. The first-order chi connectivity index (χ1) is 18.0. The second-order valence-electron chi connectivity index (χ2n) is 8.87. The van der Waals surface area contributed by atoms with Gasteiger partial charge in [0.1, 0.15) is 18.1 Å². The van der Waals surface area contributed by atoms with Crippen molar-refractivity contribution in [3.8, 4) is 5.75 Å². The average molecular weight is 492 g/mol. The summed E-state index contributed by atoms with van der Waals surface area (Å²) >= 11 is 0. The van der Waals surface area contributed by atoms with E-state index in [4.69, 9.17) is 4.74 Å². The number of likely N-dealkylation sites (tertiary alicyclic amines) is 1. The molecule has 1 N–H and O–H groups in total. The second kappa shape index (κ2) is 10.5. The molecule has 37 heavy (non-hydrogen) atoms. The van der Waals surface area contributed by atoms with E-state index in [0.717, 1.165) is 16.7 Å².